The fourth-order valence-corrected chi connectivity index (χ4v) is 2.82. The Morgan fingerprint density at radius 2 is 1.69 bits per heavy atom. The quantitative estimate of drug-likeness (QED) is 0.321. The van der Waals surface area contributed by atoms with Crippen LogP contribution in [0.4, 0.5) is 11.4 Å². The van der Waals surface area contributed by atoms with E-state index in [-0.39, 0.29) is 29.1 Å². The van der Waals surface area contributed by atoms with Crippen molar-refractivity contribution in [2.75, 3.05) is 0 Å². The molecule has 0 radical (unpaired) electrons. The summed E-state index contributed by atoms with van der Waals surface area (Å²) in [6.07, 6.45) is 1.44. The Bertz CT molecular complexity index is 1170. The van der Waals surface area contributed by atoms with Gasteiger partial charge in [0.2, 0.25) is 0 Å². The molecule has 0 unspecified atom stereocenters. The van der Waals surface area contributed by atoms with Crippen LogP contribution in [0, 0.1) is 27.2 Å². The molecule has 0 aliphatic rings. The first-order valence-corrected chi connectivity index (χ1v) is 9.39. The fourth-order valence-electron chi connectivity index (χ4n) is 2.82. The number of amides is 1. The van der Waals surface area contributed by atoms with E-state index in [0.29, 0.717) is 11.3 Å². The molecule has 32 heavy (non-hydrogen) atoms. The summed E-state index contributed by atoms with van der Waals surface area (Å²) >= 11 is 0. The van der Waals surface area contributed by atoms with Crippen LogP contribution in [0.25, 0.3) is 0 Å². The molecule has 0 saturated carbocycles. The summed E-state index contributed by atoms with van der Waals surface area (Å²) < 4.78 is 5.65. The molecule has 3 aromatic carbocycles. The average Bonchev–Trinajstić information content (AvgIpc) is 2.78. The maximum absolute atomic E-state index is 12.3. The summed E-state index contributed by atoms with van der Waals surface area (Å²) in [4.78, 5) is 32.9. The zero-order chi connectivity index (χ0) is 23.1. The van der Waals surface area contributed by atoms with Gasteiger partial charge in [0.05, 0.1) is 21.6 Å². The highest BCUT2D eigenvalue weighted by Gasteiger charge is 2.17. The second-order valence-corrected chi connectivity index (χ2v) is 6.69. The summed E-state index contributed by atoms with van der Waals surface area (Å²) in [5, 5.41) is 25.6. The van der Waals surface area contributed by atoms with Gasteiger partial charge >= 0.3 is 0 Å². The summed E-state index contributed by atoms with van der Waals surface area (Å²) in [7, 11) is 0. The maximum Gasteiger partial charge on any atom is 0.273 e. The molecule has 0 heterocycles. The van der Waals surface area contributed by atoms with Gasteiger partial charge in [-0.15, -0.1) is 0 Å². The summed E-state index contributed by atoms with van der Waals surface area (Å²) in [5.74, 6) is 0.0438. The second kappa shape index (κ2) is 9.94. The van der Waals surface area contributed by atoms with Gasteiger partial charge in [0.15, 0.2) is 0 Å². The largest absolute Gasteiger partial charge is 0.489 e. The van der Waals surface area contributed by atoms with Crippen molar-refractivity contribution < 1.29 is 19.4 Å². The van der Waals surface area contributed by atoms with E-state index in [2.05, 4.69) is 10.5 Å². The zero-order valence-electron chi connectivity index (χ0n) is 16.9. The molecular weight excluding hydrogens is 416 g/mol. The van der Waals surface area contributed by atoms with Gasteiger partial charge in [-0.1, -0.05) is 6.07 Å². The fraction of sp³-hybridized carbons (Fsp3) is 0.0909. The third kappa shape index (κ3) is 5.51. The number of rotatable bonds is 8. The minimum atomic E-state index is -0.550. The molecule has 0 fully saturated rings. The van der Waals surface area contributed by atoms with E-state index in [9.17, 15) is 25.0 Å². The Kier molecular flexibility index (Phi) is 6.86. The van der Waals surface area contributed by atoms with Gasteiger partial charge in [-0.3, -0.25) is 25.0 Å². The lowest BCUT2D eigenvalue weighted by Crippen LogP contribution is -2.19. The maximum atomic E-state index is 12.3. The van der Waals surface area contributed by atoms with E-state index in [1.807, 2.05) is 0 Å². The van der Waals surface area contributed by atoms with Gasteiger partial charge in [-0.05, 0) is 60.5 Å². The molecule has 0 atom stereocenters. The van der Waals surface area contributed by atoms with Crippen molar-refractivity contribution in [2.45, 2.75) is 13.5 Å². The van der Waals surface area contributed by atoms with Crippen LogP contribution in [0.2, 0.25) is 0 Å². The Morgan fingerprint density at radius 3 is 2.31 bits per heavy atom. The Hall–Kier alpha value is -4.60. The molecule has 1 amide bonds. The zero-order valence-corrected chi connectivity index (χ0v) is 16.9. The first-order valence-electron chi connectivity index (χ1n) is 9.39. The third-order valence-corrected chi connectivity index (χ3v) is 4.56. The predicted octanol–water partition coefficient (Wildman–Crippen LogP) is 4.15. The molecule has 3 aromatic rings. The van der Waals surface area contributed by atoms with Crippen molar-refractivity contribution in [1.82, 2.24) is 5.43 Å². The van der Waals surface area contributed by atoms with Crippen molar-refractivity contribution in [1.29, 1.82) is 0 Å². The number of non-ortho nitro benzene ring substituents is 1. The molecule has 162 valence electrons. The van der Waals surface area contributed by atoms with Crippen molar-refractivity contribution in [2.24, 2.45) is 5.10 Å². The lowest BCUT2D eigenvalue weighted by Gasteiger charge is -2.06. The summed E-state index contributed by atoms with van der Waals surface area (Å²) in [6, 6.07) is 17.3. The molecule has 0 aromatic heterocycles. The van der Waals surface area contributed by atoms with E-state index in [1.165, 1.54) is 43.5 Å². The number of hydrogen-bond acceptors (Lipinski definition) is 7. The number of ether oxygens (including phenoxy) is 1. The minimum Gasteiger partial charge on any atom is -0.489 e. The van der Waals surface area contributed by atoms with Gasteiger partial charge in [0, 0.05) is 23.8 Å². The van der Waals surface area contributed by atoms with Crippen LogP contribution in [0.15, 0.2) is 71.8 Å². The van der Waals surface area contributed by atoms with Gasteiger partial charge in [0.25, 0.3) is 17.3 Å². The summed E-state index contributed by atoms with van der Waals surface area (Å²) in [6.45, 7) is 1.76. The highest BCUT2D eigenvalue weighted by molar-refractivity contribution is 5.97. The van der Waals surface area contributed by atoms with E-state index in [0.717, 1.165) is 5.56 Å². The summed E-state index contributed by atoms with van der Waals surface area (Å²) in [5.41, 5.74) is 4.17. The molecule has 1 N–H and O–H groups in total. The number of carbonyl (C=O) groups is 1. The highest BCUT2D eigenvalue weighted by atomic mass is 16.6. The Morgan fingerprint density at radius 1 is 1.00 bits per heavy atom. The van der Waals surface area contributed by atoms with Crippen LogP contribution in [0.5, 0.6) is 5.75 Å². The Balaban J connectivity index is 1.55. The minimum absolute atomic E-state index is 0.0186. The number of hydrogen-bond donors (Lipinski definition) is 1. The molecule has 0 saturated heterocycles. The number of nitro benzene ring substituents is 2. The van der Waals surface area contributed by atoms with Gasteiger partial charge in [-0.2, -0.15) is 5.10 Å². The van der Waals surface area contributed by atoms with Crippen LogP contribution in [0.1, 0.15) is 27.0 Å². The standard InChI is InChI=1S/C22H18N4O6/c1-15-20(3-2-4-21(15)26(30)31)22(27)24-23-13-16-7-11-19(12-8-16)32-14-17-5-9-18(10-6-17)25(28)29/h2-13H,14H2,1H3,(H,24,27)/b23-13-. The molecule has 0 spiro atoms. The van der Waals surface area contributed by atoms with E-state index < -0.39 is 15.8 Å². The number of hydrazone groups is 1. The topological polar surface area (TPSA) is 137 Å². The SMILES string of the molecule is Cc1c(C(=O)N/N=C\c2ccc(OCc3ccc([N+](=O)[O-])cc3)cc2)cccc1[N+](=O)[O-]. The number of benzene rings is 3. The number of nitro groups is 2. The average molecular weight is 434 g/mol. The van der Waals surface area contributed by atoms with Crippen molar-refractivity contribution >= 4 is 23.5 Å². The smallest absolute Gasteiger partial charge is 0.273 e. The van der Waals surface area contributed by atoms with E-state index >= 15 is 0 Å². The predicted molar refractivity (Wildman–Crippen MR) is 117 cm³/mol. The molecule has 10 heteroatoms. The first kappa shape index (κ1) is 22.1. The first-order chi connectivity index (χ1) is 15.3. The normalized spacial score (nSPS) is 10.7. The van der Waals surface area contributed by atoms with Crippen molar-refractivity contribution in [3.63, 3.8) is 0 Å². The van der Waals surface area contributed by atoms with Gasteiger partial charge in [-0.25, -0.2) is 5.43 Å². The van der Waals surface area contributed by atoms with Gasteiger partial charge in [0.1, 0.15) is 12.4 Å². The van der Waals surface area contributed by atoms with Crippen LogP contribution in [0.3, 0.4) is 0 Å². The van der Waals surface area contributed by atoms with Gasteiger partial charge < -0.3 is 4.74 Å². The number of nitrogens with one attached hydrogen (secondary N) is 1. The van der Waals surface area contributed by atoms with E-state index in [1.54, 1.807) is 36.4 Å². The van der Waals surface area contributed by atoms with Crippen LogP contribution >= 0.6 is 0 Å². The van der Waals surface area contributed by atoms with Crippen molar-refractivity contribution in [3.05, 3.63) is 109 Å². The van der Waals surface area contributed by atoms with Crippen LogP contribution < -0.4 is 10.2 Å². The molecular formula is C22H18N4O6. The number of nitrogens with zero attached hydrogens (tertiary/aromatic N) is 3. The molecule has 0 bridgehead atoms. The molecule has 0 aliphatic carbocycles. The monoisotopic (exact) mass is 434 g/mol. The highest BCUT2D eigenvalue weighted by Crippen LogP contribution is 2.21. The van der Waals surface area contributed by atoms with Crippen LogP contribution in [-0.4, -0.2) is 22.0 Å². The molecule has 0 aliphatic heterocycles. The van der Waals surface area contributed by atoms with Crippen molar-refractivity contribution in [3.8, 4) is 5.75 Å². The molecule has 3 rings (SSSR count). The van der Waals surface area contributed by atoms with Crippen LogP contribution in [-0.2, 0) is 6.61 Å². The van der Waals surface area contributed by atoms with E-state index in [4.69, 9.17) is 4.74 Å². The second-order valence-electron chi connectivity index (χ2n) is 6.69. The lowest BCUT2D eigenvalue weighted by molar-refractivity contribution is -0.385. The lowest BCUT2D eigenvalue weighted by atomic mass is 10.1. The number of carbonyl (C=O) groups excluding carboxylic acids is 1. The third-order valence-electron chi connectivity index (χ3n) is 4.56. The Labute approximate surface area is 182 Å². The molecule has 10 nitrogen and oxygen atoms in total.